The lowest BCUT2D eigenvalue weighted by Gasteiger charge is -2.26. The van der Waals surface area contributed by atoms with Gasteiger partial charge in [0.2, 0.25) is 5.76 Å². The van der Waals surface area contributed by atoms with Crippen molar-refractivity contribution in [3.05, 3.63) is 79.1 Å². The number of rotatable bonds is 5. The van der Waals surface area contributed by atoms with Crippen LogP contribution in [0.1, 0.15) is 39.7 Å². The van der Waals surface area contributed by atoms with E-state index < -0.39 is 6.04 Å². The third kappa shape index (κ3) is 3.62. The van der Waals surface area contributed by atoms with Crippen LogP contribution in [0, 0.1) is 6.92 Å². The number of hydrogen-bond donors (Lipinski definition) is 0. The fraction of sp³-hybridized carbons (Fsp3) is 0.304. The summed E-state index contributed by atoms with van der Waals surface area (Å²) in [5, 5.41) is 1.27. The van der Waals surface area contributed by atoms with Gasteiger partial charge in [-0.25, -0.2) is 0 Å². The Morgan fingerprint density at radius 3 is 2.53 bits per heavy atom. The van der Waals surface area contributed by atoms with Gasteiger partial charge in [0.15, 0.2) is 5.43 Å². The number of nitrogens with zero attached hydrogens (tertiary/aromatic N) is 2. The molecule has 30 heavy (non-hydrogen) atoms. The molecule has 0 N–H and O–H groups in total. The summed E-state index contributed by atoms with van der Waals surface area (Å²) in [5.41, 5.74) is 2.28. The molecular formula is C23H22Cl2N2O3. The molecule has 1 amide bonds. The van der Waals surface area contributed by atoms with Crippen LogP contribution in [0.25, 0.3) is 11.0 Å². The van der Waals surface area contributed by atoms with Crippen molar-refractivity contribution in [1.29, 1.82) is 0 Å². The highest BCUT2D eigenvalue weighted by atomic mass is 35.5. The van der Waals surface area contributed by atoms with E-state index in [9.17, 15) is 9.59 Å². The Bertz CT molecular complexity index is 1200. The Morgan fingerprint density at radius 1 is 1.07 bits per heavy atom. The predicted molar refractivity (Wildman–Crippen MR) is 120 cm³/mol. The fourth-order valence-electron chi connectivity index (χ4n) is 3.95. The number of amides is 1. The molecule has 3 aromatic rings. The summed E-state index contributed by atoms with van der Waals surface area (Å²) >= 11 is 12.4. The quantitative estimate of drug-likeness (QED) is 0.561. The average Bonchev–Trinajstić information content (AvgIpc) is 2.97. The maximum absolute atomic E-state index is 13.5. The van der Waals surface area contributed by atoms with Crippen molar-refractivity contribution in [2.24, 2.45) is 0 Å². The Morgan fingerprint density at radius 2 is 1.83 bits per heavy atom. The Hall–Kier alpha value is -2.34. The van der Waals surface area contributed by atoms with Crippen LogP contribution < -0.4 is 5.43 Å². The van der Waals surface area contributed by atoms with Gasteiger partial charge in [0.1, 0.15) is 5.58 Å². The molecule has 0 fully saturated rings. The fourth-order valence-corrected chi connectivity index (χ4v) is 4.26. The molecule has 1 aliphatic rings. The minimum absolute atomic E-state index is 0.109. The molecule has 0 spiro atoms. The second-order valence-electron chi connectivity index (χ2n) is 7.91. The minimum atomic E-state index is -0.564. The molecule has 2 aromatic carbocycles. The van der Waals surface area contributed by atoms with Crippen LogP contribution in [-0.4, -0.2) is 42.9 Å². The number of aryl methyl sites for hydroxylation is 1. The predicted octanol–water partition coefficient (Wildman–Crippen LogP) is 4.91. The van der Waals surface area contributed by atoms with Gasteiger partial charge in [-0.3, -0.25) is 9.59 Å². The molecule has 0 saturated carbocycles. The molecule has 7 heteroatoms. The molecule has 156 valence electrons. The van der Waals surface area contributed by atoms with E-state index in [0.29, 0.717) is 33.1 Å². The van der Waals surface area contributed by atoms with E-state index >= 15 is 0 Å². The number of carbonyl (C=O) groups excluding carboxylic acids is 1. The molecule has 0 radical (unpaired) electrons. The van der Waals surface area contributed by atoms with Crippen molar-refractivity contribution in [2.45, 2.75) is 19.4 Å². The van der Waals surface area contributed by atoms with Crippen LogP contribution in [0.2, 0.25) is 10.0 Å². The first-order valence-corrected chi connectivity index (χ1v) is 10.5. The van der Waals surface area contributed by atoms with E-state index in [-0.39, 0.29) is 17.1 Å². The van der Waals surface area contributed by atoms with E-state index in [2.05, 4.69) is 4.90 Å². The van der Waals surface area contributed by atoms with Crippen molar-refractivity contribution >= 4 is 40.1 Å². The first-order valence-electron chi connectivity index (χ1n) is 9.76. The van der Waals surface area contributed by atoms with Crippen LogP contribution in [-0.2, 0) is 0 Å². The van der Waals surface area contributed by atoms with Gasteiger partial charge in [-0.15, -0.1) is 0 Å². The molecule has 0 bridgehead atoms. The average molecular weight is 445 g/mol. The van der Waals surface area contributed by atoms with Gasteiger partial charge in [-0.1, -0.05) is 40.9 Å². The summed E-state index contributed by atoms with van der Waals surface area (Å²) < 4.78 is 5.96. The summed E-state index contributed by atoms with van der Waals surface area (Å²) in [6.45, 7) is 3.22. The normalized spacial score (nSPS) is 16.0. The van der Waals surface area contributed by atoms with Crippen LogP contribution >= 0.6 is 23.2 Å². The van der Waals surface area contributed by atoms with E-state index in [4.69, 9.17) is 27.6 Å². The third-order valence-electron chi connectivity index (χ3n) is 5.38. The van der Waals surface area contributed by atoms with Crippen molar-refractivity contribution in [2.75, 3.05) is 27.2 Å². The number of halogens is 2. The summed E-state index contributed by atoms with van der Waals surface area (Å²) in [5.74, 6) is -0.170. The number of carbonyl (C=O) groups is 1. The van der Waals surface area contributed by atoms with Crippen molar-refractivity contribution < 1.29 is 9.21 Å². The minimum Gasteiger partial charge on any atom is -0.450 e. The smallest absolute Gasteiger partial charge is 0.290 e. The highest BCUT2D eigenvalue weighted by Crippen LogP contribution is 2.39. The van der Waals surface area contributed by atoms with Crippen molar-refractivity contribution in [3.8, 4) is 0 Å². The molecule has 1 aromatic heterocycles. The second-order valence-corrected chi connectivity index (χ2v) is 8.72. The van der Waals surface area contributed by atoms with Crippen LogP contribution in [0.5, 0.6) is 0 Å². The van der Waals surface area contributed by atoms with E-state index in [0.717, 1.165) is 24.1 Å². The summed E-state index contributed by atoms with van der Waals surface area (Å²) in [6, 6.07) is 10.0. The SMILES string of the molecule is Cc1ccc2oc3c(c(=O)c2c1)C(c1ccc(Cl)c(Cl)c1)N(CCCN(C)C)C3=O. The molecule has 1 atom stereocenters. The van der Waals surface area contributed by atoms with Crippen molar-refractivity contribution in [1.82, 2.24) is 9.80 Å². The molecular weight excluding hydrogens is 423 g/mol. The highest BCUT2D eigenvalue weighted by molar-refractivity contribution is 6.42. The van der Waals surface area contributed by atoms with Crippen LogP contribution in [0.15, 0.2) is 45.6 Å². The van der Waals surface area contributed by atoms with Gasteiger partial charge >= 0.3 is 0 Å². The summed E-state index contributed by atoms with van der Waals surface area (Å²) in [6.07, 6.45) is 0.761. The zero-order valence-electron chi connectivity index (χ0n) is 17.0. The van der Waals surface area contributed by atoms with Gasteiger partial charge in [0, 0.05) is 6.54 Å². The standard InChI is InChI=1S/C23H22Cl2N2O3/c1-13-5-8-18-15(11-13)21(28)19-20(14-6-7-16(24)17(25)12-14)27(10-4-9-26(2)3)23(29)22(19)30-18/h5-8,11-12,20H,4,9-10H2,1-3H3. The van der Waals surface area contributed by atoms with Gasteiger partial charge in [0.05, 0.1) is 27.0 Å². The van der Waals surface area contributed by atoms with Crippen LogP contribution in [0.4, 0.5) is 0 Å². The first-order chi connectivity index (χ1) is 14.3. The number of fused-ring (bicyclic) bond motifs is 2. The molecule has 1 unspecified atom stereocenters. The first kappa shape index (κ1) is 20.9. The van der Waals surface area contributed by atoms with Gasteiger partial charge in [0.25, 0.3) is 5.91 Å². The van der Waals surface area contributed by atoms with Gasteiger partial charge < -0.3 is 14.2 Å². The molecule has 0 aliphatic carbocycles. The number of benzene rings is 2. The van der Waals surface area contributed by atoms with E-state index in [1.54, 1.807) is 35.2 Å². The van der Waals surface area contributed by atoms with Gasteiger partial charge in [-0.2, -0.15) is 0 Å². The van der Waals surface area contributed by atoms with Gasteiger partial charge in [-0.05, 0) is 63.8 Å². The maximum atomic E-state index is 13.5. The molecule has 4 rings (SSSR count). The second kappa shape index (κ2) is 8.06. The van der Waals surface area contributed by atoms with Crippen LogP contribution in [0.3, 0.4) is 0 Å². The van der Waals surface area contributed by atoms with E-state index in [1.165, 1.54) is 0 Å². The lowest BCUT2D eigenvalue weighted by atomic mass is 9.98. The molecule has 2 heterocycles. The number of hydrogen-bond acceptors (Lipinski definition) is 4. The van der Waals surface area contributed by atoms with E-state index in [1.807, 2.05) is 27.1 Å². The molecule has 1 aliphatic heterocycles. The monoisotopic (exact) mass is 444 g/mol. The maximum Gasteiger partial charge on any atom is 0.290 e. The molecule has 0 saturated heterocycles. The Kier molecular flexibility index (Phi) is 5.62. The lowest BCUT2D eigenvalue weighted by Crippen LogP contribution is -2.32. The zero-order valence-corrected chi connectivity index (χ0v) is 18.5. The zero-order chi connectivity index (χ0) is 21.6. The summed E-state index contributed by atoms with van der Waals surface area (Å²) in [7, 11) is 3.97. The summed E-state index contributed by atoms with van der Waals surface area (Å²) in [4.78, 5) is 30.5. The van der Waals surface area contributed by atoms with Crippen molar-refractivity contribution in [3.63, 3.8) is 0 Å². The lowest BCUT2D eigenvalue weighted by molar-refractivity contribution is 0.0722. The third-order valence-corrected chi connectivity index (χ3v) is 6.12. The molecule has 5 nitrogen and oxygen atoms in total. The Balaban J connectivity index is 1.90. The topological polar surface area (TPSA) is 53.8 Å². The highest BCUT2D eigenvalue weighted by Gasteiger charge is 2.42. The Labute approximate surface area is 184 Å². The largest absolute Gasteiger partial charge is 0.450 e.